The summed E-state index contributed by atoms with van der Waals surface area (Å²) >= 11 is 0. The summed E-state index contributed by atoms with van der Waals surface area (Å²) in [7, 11) is -1.15. The van der Waals surface area contributed by atoms with Crippen LogP contribution in [0, 0.1) is 0 Å². The minimum atomic E-state index is -3.17. The second-order valence-corrected chi connectivity index (χ2v) is 10.5. The van der Waals surface area contributed by atoms with Gasteiger partial charge in [0.25, 0.3) is 0 Å². The first-order valence-electron chi connectivity index (χ1n) is 10.7. The van der Waals surface area contributed by atoms with Crippen LogP contribution < -0.4 is 15.1 Å². The quantitative estimate of drug-likeness (QED) is 0.650. The largest absolute Gasteiger partial charge is 0.368 e. The Kier molecular flexibility index (Phi) is 5.10. The zero-order valence-corrected chi connectivity index (χ0v) is 18.7. The second kappa shape index (κ2) is 7.80. The third kappa shape index (κ3) is 3.87. The molecular formula is C22H28N6O2S. The Labute approximate surface area is 182 Å². The second-order valence-electron chi connectivity index (χ2n) is 8.51. The molecule has 3 aromatic rings. The van der Waals surface area contributed by atoms with Gasteiger partial charge >= 0.3 is 0 Å². The van der Waals surface area contributed by atoms with Crippen LogP contribution in [0.5, 0.6) is 0 Å². The van der Waals surface area contributed by atoms with E-state index in [2.05, 4.69) is 36.9 Å². The Bertz CT molecular complexity index is 1180. The average molecular weight is 441 g/mol. The first kappa shape index (κ1) is 20.3. The number of fused-ring (bicyclic) bond motifs is 1. The molecule has 3 heterocycles. The van der Waals surface area contributed by atoms with E-state index in [1.165, 1.54) is 6.26 Å². The Balaban J connectivity index is 1.28. The molecule has 0 atom stereocenters. The molecule has 31 heavy (non-hydrogen) atoms. The standard InChI is InChI=1S/C22H28N6O2S/c1-23-16-13-18(14-16)28-8-7-20-22(28)25-21(15-24-20)27-11-9-26(10-12-27)17-3-5-19(6-4-17)31(2,29)30/h3-8,15-16,18,23H,9-14H2,1-2H3. The summed E-state index contributed by atoms with van der Waals surface area (Å²) in [6, 6.07) is 10.3. The maximum Gasteiger partial charge on any atom is 0.175 e. The van der Waals surface area contributed by atoms with Crippen molar-refractivity contribution < 1.29 is 8.42 Å². The summed E-state index contributed by atoms with van der Waals surface area (Å²) in [6.07, 6.45) is 7.48. The number of rotatable bonds is 5. The van der Waals surface area contributed by atoms with E-state index in [4.69, 9.17) is 4.98 Å². The smallest absolute Gasteiger partial charge is 0.175 e. The van der Waals surface area contributed by atoms with Gasteiger partial charge in [-0.1, -0.05) is 0 Å². The van der Waals surface area contributed by atoms with Crippen LogP contribution in [0.1, 0.15) is 18.9 Å². The van der Waals surface area contributed by atoms with Gasteiger partial charge in [0.15, 0.2) is 15.5 Å². The van der Waals surface area contributed by atoms with Crippen molar-refractivity contribution in [1.29, 1.82) is 0 Å². The highest BCUT2D eigenvalue weighted by Crippen LogP contribution is 2.34. The van der Waals surface area contributed by atoms with E-state index >= 15 is 0 Å². The molecule has 1 aliphatic carbocycles. The van der Waals surface area contributed by atoms with Crippen LogP contribution in [0.2, 0.25) is 0 Å². The fourth-order valence-electron chi connectivity index (χ4n) is 4.50. The highest BCUT2D eigenvalue weighted by molar-refractivity contribution is 7.90. The lowest BCUT2D eigenvalue weighted by molar-refractivity contribution is 0.240. The van der Waals surface area contributed by atoms with Gasteiger partial charge in [-0.3, -0.25) is 0 Å². The van der Waals surface area contributed by atoms with Gasteiger partial charge in [0, 0.05) is 56.4 Å². The summed E-state index contributed by atoms with van der Waals surface area (Å²) < 4.78 is 25.6. The van der Waals surface area contributed by atoms with Crippen LogP contribution in [-0.4, -0.2) is 68.5 Å². The van der Waals surface area contributed by atoms with Crippen LogP contribution in [0.25, 0.3) is 11.2 Å². The molecule has 0 spiro atoms. The van der Waals surface area contributed by atoms with Crippen molar-refractivity contribution in [2.24, 2.45) is 0 Å². The van der Waals surface area contributed by atoms with Crippen LogP contribution in [0.15, 0.2) is 47.6 Å². The maximum absolute atomic E-state index is 11.7. The SMILES string of the molecule is CNC1CC(n2ccc3ncc(N4CCN(c5ccc(S(C)(=O)=O)cc5)CC4)nc32)C1. The molecule has 8 nitrogen and oxygen atoms in total. The Morgan fingerprint density at radius 3 is 2.32 bits per heavy atom. The molecule has 1 N–H and O–H groups in total. The lowest BCUT2D eigenvalue weighted by atomic mass is 9.87. The third-order valence-electron chi connectivity index (χ3n) is 6.55. The fourth-order valence-corrected chi connectivity index (χ4v) is 5.13. The molecule has 1 aliphatic heterocycles. The van der Waals surface area contributed by atoms with E-state index in [1.54, 1.807) is 12.1 Å². The van der Waals surface area contributed by atoms with E-state index < -0.39 is 9.84 Å². The van der Waals surface area contributed by atoms with Gasteiger partial charge in [0.2, 0.25) is 0 Å². The number of aromatic nitrogens is 3. The molecule has 5 rings (SSSR count). The predicted octanol–water partition coefficient (Wildman–Crippen LogP) is 2.08. The lowest BCUT2D eigenvalue weighted by Gasteiger charge is -2.37. The first-order chi connectivity index (χ1) is 14.9. The van der Waals surface area contributed by atoms with Gasteiger partial charge in [-0.2, -0.15) is 0 Å². The maximum atomic E-state index is 11.7. The molecule has 9 heteroatoms. The topological polar surface area (TPSA) is 83.4 Å². The van der Waals surface area contributed by atoms with E-state index in [0.29, 0.717) is 17.0 Å². The molecule has 0 unspecified atom stereocenters. The van der Waals surface area contributed by atoms with Crippen LogP contribution in [-0.2, 0) is 9.84 Å². The Morgan fingerprint density at radius 1 is 1.00 bits per heavy atom. The van der Waals surface area contributed by atoms with Gasteiger partial charge in [-0.15, -0.1) is 0 Å². The van der Waals surface area contributed by atoms with E-state index in [1.807, 2.05) is 25.4 Å². The molecule has 164 valence electrons. The van der Waals surface area contributed by atoms with Gasteiger partial charge in [0.1, 0.15) is 11.3 Å². The monoisotopic (exact) mass is 440 g/mol. The summed E-state index contributed by atoms with van der Waals surface area (Å²) in [5, 5.41) is 3.34. The number of piperazine rings is 1. The Morgan fingerprint density at radius 2 is 1.68 bits per heavy atom. The molecule has 0 amide bonds. The van der Waals surface area contributed by atoms with E-state index in [0.717, 1.165) is 61.7 Å². The van der Waals surface area contributed by atoms with Crippen molar-refractivity contribution in [3.05, 3.63) is 42.7 Å². The van der Waals surface area contributed by atoms with Crippen LogP contribution >= 0.6 is 0 Å². The lowest BCUT2D eigenvalue weighted by Crippen LogP contribution is -2.47. The molecular weight excluding hydrogens is 412 g/mol. The van der Waals surface area contributed by atoms with Crippen molar-refractivity contribution in [1.82, 2.24) is 19.9 Å². The number of sulfone groups is 1. The molecule has 2 aliphatic rings. The minimum Gasteiger partial charge on any atom is -0.368 e. The average Bonchev–Trinajstić information content (AvgIpc) is 3.16. The summed E-state index contributed by atoms with van der Waals surface area (Å²) in [4.78, 5) is 14.5. The van der Waals surface area contributed by atoms with Crippen LogP contribution in [0.4, 0.5) is 11.5 Å². The fraction of sp³-hybridized carbons (Fsp3) is 0.455. The van der Waals surface area contributed by atoms with Crippen molar-refractivity contribution in [2.75, 3.05) is 49.3 Å². The number of anilines is 2. The van der Waals surface area contributed by atoms with Gasteiger partial charge in [-0.25, -0.2) is 18.4 Å². The van der Waals surface area contributed by atoms with Gasteiger partial charge in [0.05, 0.1) is 11.1 Å². The molecule has 0 radical (unpaired) electrons. The number of hydrogen-bond donors (Lipinski definition) is 1. The summed E-state index contributed by atoms with van der Waals surface area (Å²) in [5.74, 6) is 0.920. The molecule has 1 saturated heterocycles. The normalized spacial score (nSPS) is 22.0. The third-order valence-corrected chi connectivity index (χ3v) is 7.68. The Hall–Kier alpha value is -2.65. The van der Waals surface area contributed by atoms with E-state index in [9.17, 15) is 8.42 Å². The van der Waals surface area contributed by atoms with Crippen molar-refractivity contribution in [2.45, 2.75) is 29.8 Å². The highest BCUT2D eigenvalue weighted by atomic mass is 32.2. The zero-order valence-electron chi connectivity index (χ0n) is 17.9. The van der Waals surface area contributed by atoms with Crippen LogP contribution in [0.3, 0.4) is 0 Å². The predicted molar refractivity (Wildman–Crippen MR) is 123 cm³/mol. The molecule has 2 fully saturated rings. The summed E-state index contributed by atoms with van der Waals surface area (Å²) in [6.45, 7) is 3.40. The van der Waals surface area contributed by atoms with Gasteiger partial charge < -0.3 is 19.7 Å². The minimum absolute atomic E-state index is 0.356. The molecule has 1 saturated carbocycles. The highest BCUT2D eigenvalue weighted by Gasteiger charge is 2.30. The number of hydrogen-bond acceptors (Lipinski definition) is 7. The molecule has 2 aromatic heterocycles. The molecule has 1 aromatic carbocycles. The van der Waals surface area contributed by atoms with Gasteiger partial charge in [-0.05, 0) is 50.2 Å². The molecule has 0 bridgehead atoms. The number of benzene rings is 1. The summed E-state index contributed by atoms with van der Waals surface area (Å²) in [5.41, 5.74) is 2.96. The van der Waals surface area contributed by atoms with Crippen molar-refractivity contribution >= 4 is 32.5 Å². The number of nitrogens with one attached hydrogen (secondary N) is 1. The zero-order chi connectivity index (χ0) is 21.6. The van der Waals surface area contributed by atoms with Crippen molar-refractivity contribution in [3.8, 4) is 0 Å². The first-order valence-corrected chi connectivity index (χ1v) is 12.6. The van der Waals surface area contributed by atoms with E-state index in [-0.39, 0.29) is 0 Å². The number of nitrogens with zero attached hydrogens (tertiary/aromatic N) is 5. The van der Waals surface area contributed by atoms with Crippen molar-refractivity contribution in [3.63, 3.8) is 0 Å².